The fourth-order valence-electron chi connectivity index (χ4n) is 3.01. The van der Waals surface area contributed by atoms with E-state index in [9.17, 15) is 4.79 Å². The number of carboxylic acid groups (broad SMARTS) is 1. The second-order valence-corrected chi connectivity index (χ2v) is 7.47. The highest BCUT2D eigenvalue weighted by atomic mass is 32.2. The van der Waals surface area contributed by atoms with E-state index in [4.69, 9.17) is 5.11 Å². The van der Waals surface area contributed by atoms with E-state index in [1.165, 1.54) is 5.56 Å². The first-order valence-corrected chi connectivity index (χ1v) is 9.30. The Kier molecular flexibility index (Phi) is 4.79. The molecule has 7 heteroatoms. The van der Waals surface area contributed by atoms with Crippen molar-refractivity contribution in [3.05, 3.63) is 71.5 Å². The Bertz CT molecular complexity index is 992. The van der Waals surface area contributed by atoms with Crippen molar-refractivity contribution in [3.8, 4) is 0 Å². The second kappa shape index (κ2) is 7.38. The molecule has 27 heavy (non-hydrogen) atoms. The number of carbonyl (C=O) groups is 1. The molecule has 0 aliphatic carbocycles. The number of nitrogens with one attached hydrogen (secondary N) is 1. The lowest BCUT2D eigenvalue weighted by molar-refractivity contribution is 0.0697. The molecule has 1 aliphatic rings. The van der Waals surface area contributed by atoms with Crippen molar-refractivity contribution in [3.63, 3.8) is 0 Å². The molecule has 2 heterocycles. The Morgan fingerprint density at radius 1 is 1.07 bits per heavy atom. The maximum atomic E-state index is 10.9. The highest BCUT2D eigenvalue weighted by molar-refractivity contribution is 7.99. The third-order valence-corrected chi connectivity index (χ3v) is 5.34. The van der Waals surface area contributed by atoms with Crippen LogP contribution in [-0.4, -0.2) is 33.0 Å². The lowest BCUT2D eigenvalue weighted by Crippen LogP contribution is -2.17. The number of aromatic nitrogens is 2. The summed E-state index contributed by atoms with van der Waals surface area (Å²) in [5, 5.41) is 13.2. The Balaban J connectivity index is 1.43. The molecule has 6 nitrogen and oxygen atoms in total. The summed E-state index contributed by atoms with van der Waals surface area (Å²) in [5.41, 5.74) is 3.63. The predicted molar refractivity (Wildman–Crippen MR) is 104 cm³/mol. The number of rotatable bonds is 5. The molecule has 0 saturated heterocycles. The lowest BCUT2D eigenvalue weighted by Gasteiger charge is -2.21. The minimum atomic E-state index is -0.902. The number of hydrogen-bond acceptors (Lipinski definition) is 6. The number of nitrogens with zero attached hydrogens (tertiary/aromatic N) is 3. The van der Waals surface area contributed by atoms with Gasteiger partial charge < -0.3 is 10.4 Å². The van der Waals surface area contributed by atoms with Crippen molar-refractivity contribution in [2.45, 2.75) is 23.0 Å². The minimum absolute atomic E-state index is 0.308. The lowest BCUT2D eigenvalue weighted by atomic mass is 10.1. The molecular formula is C20H18N4O2S. The molecule has 0 spiro atoms. The summed E-state index contributed by atoms with van der Waals surface area (Å²) >= 11 is 1.62. The van der Waals surface area contributed by atoms with Gasteiger partial charge in [0.05, 0.1) is 11.3 Å². The van der Waals surface area contributed by atoms with Crippen LogP contribution in [0.25, 0.3) is 0 Å². The Morgan fingerprint density at radius 2 is 1.78 bits per heavy atom. The van der Waals surface area contributed by atoms with Crippen LogP contribution in [0.5, 0.6) is 0 Å². The van der Waals surface area contributed by atoms with Crippen LogP contribution in [0.3, 0.4) is 0 Å². The van der Waals surface area contributed by atoms with E-state index < -0.39 is 5.97 Å². The van der Waals surface area contributed by atoms with Crippen LogP contribution < -0.4 is 5.32 Å². The first kappa shape index (κ1) is 17.5. The van der Waals surface area contributed by atoms with Crippen molar-refractivity contribution < 1.29 is 9.90 Å². The quantitative estimate of drug-likeness (QED) is 0.543. The smallest absolute Gasteiger partial charge is 0.335 e. The number of carboxylic acids is 1. The van der Waals surface area contributed by atoms with Gasteiger partial charge in [0.15, 0.2) is 5.82 Å². The van der Waals surface area contributed by atoms with Gasteiger partial charge in [0.25, 0.3) is 0 Å². The van der Waals surface area contributed by atoms with Crippen LogP contribution in [0.2, 0.25) is 0 Å². The first-order valence-electron chi connectivity index (χ1n) is 8.48. The standard InChI is InChI=1S/C20H18N4O2S/c1-24(11-13-2-5-15(6-3-13)20(25)26)12-14-4-7-17-16(10-14)23-18-19(27-17)22-9-8-21-18/h2-10H,11-12H2,1H3,(H,21,23)(H,25,26). The zero-order valence-electron chi connectivity index (χ0n) is 14.7. The van der Waals surface area contributed by atoms with Gasteiger partial charge in [-0.15, -0.1) is 0 Å². The van der Waals surface area contributed by atoms with E-state index in [-0.39, 0.29) is 0 Å². The first-order chi connectivity index (χ1) is 13.1. The monoisotopic (exact) mass is 378 g/mol. The molecule has 136 valence electrons. The van der Waals surface area contributed by atoms with E-state index in [2.05, 4.69) is 38.4 Å². The van der Waals surface area contributed by atoms with E-state index in [0.717, 1.165) is 40.1 Å². The summed E-state index contributed by atoms with van der Waals surface area (Å²) in [6.45, 7) is 1.53. The Labute approximate surface area is 161 Å². The number of anilines is 2. The van der Waals surface area contributed by atoms with Crippen molar-refractivity contribution >= 4 is 29.2 Å². The molecule has 0 bridgehead atoms. The number of fused-ring (bicyclic) bond motifs is 2. The fraction of sp³-hybridized carbons (Fsp3) is 0.150. The van der Waals surface area contributed by atoms with Gasteiger partial charge in [-0.05, 0) is 42.4 Å². The average molecular weight is 378 g/mol. The minimum Gasteiger partial charge on any atom is -0.478 e. The van der Waals surface area contributed by atoms with Gasteiger partial charge in [-0.25, -0.2) is 14.8 Å². The van der Waals surface area contributed by atoms with Crippen LogP contribution >= 0.6 is 11.8 Å². The maximum absolute atomic E-state index is 10.9. The largest absolute Gasteiger partial charge is 0.478 e. The zero-order valence-corrected chi connectivity index (χ0v) is 15.5. The topological polar surface area (TPSA) is 78.4 Å². The van der Waals surface area contributed by atoms with E-state index in [1.54, 1.807) is 36.3 Å². The van der Waals surface area contributed by atoms with Crippen LogP contribution in [0.15, 0.2) is 64.8 Å². The average Bonchev–Trinajstić information content (AvgIpc) is 2.66. The predicted octanol–water partition coefficient (Wildman–Crippen LogP) is 4.02. The molecule has 4 rings (SSSR count). The molecule has 2 aromatic carbocycles. The number of hydrogen-bond donors (Lipinski definition) is 2. The van der Waals surface area contributed by atoms with Crippen LogP contribution in [0.4, 0.5) is 11.5 Å². The SMILES string of the molecule is CN(Cc1ccc(C(=O)O)cc1)Cc1ccc2c(c1)Nc1nccnc1S2. The van der Waals surface area contributed by atoms with Crippen LogP contribution in [0.1, 0.15) is 21.5 Å². The van der Waals surface area contributed by atoms with Crippen molar-refractivity contribution in [2.24, 2.45) is 0 Å². The molecule has 0 fully saturated rings. The van der Waals surface area contributed by atoms with E-state index in [1.807, 2.05) is 19.2 Å². The number of aromatic carboxylic acids is 1. The molecule has 0 radical (unpaired) electrons. The van der Waals surface area contributed by atoms with Gasteiger partial charge in [-0.3, -0.25) is 4.90 Å². The summed E-state index contributed by atoms with van der Waals surface area (Å²) in [4.78, 5) is 23.0. The van der Waals surface area contributed by atoms with Crippen molar-refractivity contribution in [1.82, 2.24) is 14.9 Å². The molecule has 1 aliphatic heterocycles. The molecule has 1 aromatic heterocycles. The van der Waals surface area contributed by atoms with E-state index in [0.29, 0.717) is 5.56 Å². The molecule has 0 saturated carbocycles. The highest BCUT2D eigenvalue weighted by Crippen LogP contribution is 2.42. The van der Waals surface area contributed by atoms with Gasteiger partial charge in [0.1, 0.15) is 5.03 Å². The van der Waals surface area contributed by atoms with Crippen LogP contribution in [-0.2, 0) is 13.1 Å². The second-order valence-electron chi connectivity index (χ2n) is 6.44. The normalized spacial score (nSPS) is 12.2. The third kappa shape index (κ3) is 3.94. The van der Waals surface area contributed by atoms with Gasteiger partial charge in [0.2, 0.25) is 0 Å². The van der Waals surface area contributed by atoms with Gasteiger partial charge in [-0.2, -0.15) is 0 Å². The van der Waals surface area contributed by atoms with Gasteiger partial charge in [-0.1, -0.05) is 30.0 Å². The maximum Gasteiger partial charge on any atom is 0.335 e. The zero-order chi connectivity index (χ0) is 18.8. The van der Waals surface area contributed by atoms with Gasteiger partial charge in [0, 0.05) is 30.4 Å². The summed E-state index contributed by atoms with van der Waals surface area (Å²) in [5.74, 6) is -0.111. The van der Waals surface area contributed by atoms with Crippen LogP contribution in [0, 0.1) is 0 Å². The summed E-state index contributed by atoms with van der Waals surface area (Å²) in [6, 6.07) is 13.4. The molecule has 0 atom stereocenters. The van der Waals surface area contributed by atoms with Gasteiger partial charge >= 0.3 is 5.97 Å². The van der Waals surface area contributed by atoms with Crippen molar-refractivity contribution in [2.75, 3.05) is 12.4 Å². The van der Waals surface area contributed by atoms with Crippen molar-refractivity contribution in [1.29, 1.82) is 0 Å². The highest BCUT2D eigenvalue weighted by Gasteiger charge is 2.18. The Morgan fingerprint density at radius 3 is 2.56 bits per heavy atom. The molecule has 3 aromatic rings. The molecule has 0 amide bonds. The summed E-state index contributed by atoms with van der Waals surface area (Å²) in [6.07, 6.45) is 3.38. The fourth-order valence-corrected chi connectivity index (χ4v) is 3.89. The molecule has 0 unspecified atom stereocenters. The summed E-state index contributed by atoms with van der Waals surface area (Å²) in [7, 11) is 2.05. The molecule has 2 N–H and O–H groups in total. The Hall–Kier alpha value is -2.90. The number of benzene rings is 2. The summed E-state index contributed by atoms with van der Waals surface area (Å²) < 4.78 is 0. The van der Waals surface area contributed by atoms with E-state index >= 15 is 0 Å². The third-order valence-electron chi connectivity index (χ3n) is 4.27. The molecular weight excluding hydrogens is 360 g/mol.